The van der Waals surface area contributed by atoms with E-state index in [9.17, 15) is 18.0 Å². The minimum absolute atomic E-state index is 0.0703. The fourth-order valence-corrected chi connectivity index (χ4v) is 5.91. The first-order valence-electron chi connectivity index (χ1n) is 13.2. The first-order valence-corrected chi connectivity index (χ1v) is 15.4. The number of aryl methyl sites for hydroxylation is 1. The molecule has 10 heteroatoms. The molecular formula is C30H36BrN3O5S. The van der Waals surface area contributed by atoms with Gasteiger partial charge in [0.1, 0.15) is 18.3 Å². The van der Waals surface area contributed by atoms with Gasteiger partial charge >= 0.3 is 0 Å². The molecule has 3 aromatic carbocycles. The van der Waals surface area contributed by atoms with Gasteiger partial charge in [0.05, 0.1) is 17.7 Å². The number of amides is 2. The first-order chi connectivity index (χ1) is 19.1. The SMILES string of the molecule is CCCNC(=O)C(CC)N(Cc1cccc(OC)c1)C(=O)CN(c1ccc(Br)cc1)S(=O)(=O)c1ccc(C)cc1. The number of nitrogens with zero attached hydrogens (tertiary/aromatic N) is 2. The van der Waals surface area contributed by atoms with Crippen LogP contribution in [-0.4, -0.2) is 51.4 Å². The summed E-state index contributed by atoms with van der Waals surface area (Å²) < 4.78 is 35.0. The van der Waals surface area contributed by atoms with Gasteiger partial charge in [0.25, 0.3) is 10.0 Å². The lowest BCUT2D eigenvalue weighted by atomic mass is 10.1. The van der Waals surface area contributed by atoms with Gasteiger partial charge in [0.15, 0.2) is 0 Å². The Morgan fingerprint density at radius 2 is 1.68 bits per heavy atom. The summed E-state index contributed by atoms with van der Waals surface area (Å²) in [7, 11) is -2.56. The molecule has 1 atom stereocenters. The maximum absolute atomic E-state index is 14.1. The van der Waals surface area contributed by atoms with Crippen LogP contribution in [0.1, 0.15) is 37.8 Å². The van der Waals surface area contributed by atoms with Gasteiger partial charge in [-0.15, -0.1) is 0 Å². The van der Waals surface area contributed by atoms with Gasteiger partial charge in [0, 0.05) is 17.6 Å². The lowest BCUT2D eigenvalue weighted by Gasteiger charge is -2.33. The molecule has 214 valence electrons. The molecule has 0 spiro atoms. The Bertz CT molecular complexity index is 1400. The molecule has 0 aliphatic heterocycles. The largest absolute Gasteiger partial charge is 0.497 e. The van der Waals surface area contributed by atoms with E-state index in [0.717, 1.165) is 26.3 Å². The predicted octanol–water partition coefficient (Wildman–Crippen LogP) is 5.30. The van der Waals surface area contributed by atoms with Crippen LogP contribution in [-0.2, 0) is 26.2 Å². The zero-order valence-electron chi connectivity index (χ0n) is 23.3. The van der Waals surface area contributed by atoms with Crippen molar-refractivity contribution in [2.45, 2.75) is 51.1 Å². The summed E-state index contributed by atoms with van der Waals surface area (Å²) in [6, 6.07) is 19.7. The standard InChI is InChI=1S/C30H36BrN3O5S/c1-5-18-32-30(36)28(6-2)33(20-23-8-7-9-26(19-23)39-4)29(35)21-34(25-14-12-24(31)13-15-25)40(37,38)27-16-10-22(3)11-17-27/h7-17,19,28H,5-6,18,20-21H2,1-4H3,(H,32,36). The summed E-state index contributed by atoms with van der Waals surface area (Å²) in [5.74, 6) is -0.163. The number of benzene rings is 3. The number of rotatable bonds is 13. The fraction of sp³-hybridized carbons (Fsp3) is 0.333. The number of methoxy groups -OCH3 is 1. The maximum atomic E-state index is 14.1. The van der Waals surface area contributed by atoms with Crippen molar-refractivity contribution < 1.29 is 22.7 Å². The Morgan fingerprint density at radius 3 is 2.27 bits per heavy atom. The van der Waals surface area contributed by atoms with Crippen LogP contribution in [0.2, 0.25) is 0 Å². The van der Waals surface area contributed by atoms with Crippen molar-refractivity contribution in [3.8, 4) is 5.75 Å². The molecule has 0 aliphatic carbocycles. The van der Waals surface area contributed by atoms with Crippen LogP contribution in [0.15, 0.2) is 82.2 Å². The van der Waals surface area contributed by atoms with E-state index in [1.165, 1.54) is 17.0 Å². The van der Waals surface area contributed by atoms with Crippen molar-refractivity contribution in [2.24, 2.45) is 0 Å². The third-order valence-corrected chi connectivity index (χ3v) is 8.74. The monoisotopic (exact) mass is 629 g/mol. The van der Waals surface area contributed by atoms with Gasteiger partial charge in [-0.1, -0.05) is 59.6 Å². The van der Waals surface area contributed by atoms with Crippen LogP contribution in [0.25, 0.3) is 0 Å². The van der Waals surface area contributed by atoms with Gasteiger partial charge in [-0.05, 0) is 73.9 Å². The zero-order valence-corrected chi connectivity index (χ0v) is 25.7. The molecule has 3 aromatic rings. The number of halogens is 1. The second kappa shape index (κ2) is 14.3. The summed E-state index contributed by atoms with van der Waals surface area (Å²) in [5, 5.41) is 2.89. The highest BCUT2D eigenvalue weighted by Gasteiger charge is 2.33. The molecule has 0 saturated carbocycles. The van der Waals surface area contributed by atoms with Crippen molar-refractivity contribution in [3.63, 3.8) is 0 Å². The molecule has 0 fully saturated rings. The third-order valence-electron chi connectivity index (χ3n) is 6.42. The van der Waals surface area contributed by atoms with Gasteiger partial charge in [-0.2, -0.15) is 0 Å². The van der Waals surface area contributed by atoms with Gasteiger partial charge in [-0.25, -0.2) is 8.42 Å². The normalized spacial score (nSPS) is 11.9. The van der Waals surface area contributed by atoms with Crippen molar-refractivity contribution in [1.82, 2.24) is 10.2 Å². The Morgan fingerprint density at radius 1 is 1.00 bits per heavy atom. The highest BCUT2D eigenvalue weighted by Crippen LogP contribution is 2.27. The molecule has 0 aromatic heterocycles. The Labute approximate surface area is 245 Å². The van der Waals surface area contributed by atoms with Crippen LogP contribution in [0.3, 0.4) is 0 Å². The van der Waals surface area contributed by atoms with Crippen molar-refractivity contribution in [2.75, 3.05) is 24.5 Å². The average molecular weight is 631 g/mol. The van der Waals surface area contributed by atoms with Gasteiger partial charge < -0.3 is 15.0 Å². The number of carbonyl (C=O) groups excluding carboxylic acids is 2. The van der Waals surface area contributed by atoms with E-state index in [-0.39, 0.29) is 17.3 Å². The van der Waals surface area contributed by atoms with Gasteiger partial charge in [-0.3, -0.25) is 13.9 Å². The van der Waals surface area contributed by atoms with E-state index in [1.54, 1.807) is 55.6 Å². The topological polar surface area (TPSA) is 96.0 Å². The lowest BCUT2D eigenvalue weighted by Crippen LogP contribution is -2.52. The number of anilines is 1. The van der Waals surface area contributed by atoms with Crippen LogP contribution in [0.5, 0.6) is 5.75 Å². The van der Waals surface area contributed by atoms with E-state index in [1.807, 2.05) is 32.9 Å². The summed E-state index contributed by atoms with van der Waals surface area (Å²) in [5.41, 5.74) is 2.01. The molecule has 0 radical (unpaired) electrons. The maximum Gasteiger partial charge on any atom is 0.264 e. The van der Waals surface area contributed by atoms with E-state index in [4.69, 9.17) is 4.74 Å². The molecule has 1 unspecified atom stereocenters. The Hall–Kier alpha value is -3.37. The van der Waals surface area contributed by atoms with E-state index < -0.39 is 28.5 Å². The van der Waals surface area contributed by atoms with Crippen molar-refractivity contribution in [1.29, 1.82) is 0 Å². The minimum atomic E-state index is -4.11. The highest BCUT2D eigenvalue weighted by molar-refractivity contribution is 9.10. The van der Waals surface area contributed by atoms with Crippen LogP contribution < -0.4 is 14.4 Å². The van der Waals surface area contributed by atoms with Crippen LogP contribution in [0, 0.1) is 6.92 Å². The average Bonchev–Trinajstić information content (AvgIpc) is 2.95. The highest BCUT2D eigenvalue weighted by atomic mass is 79.9. The number of sulfonamides is 1. The van der Waals surface area contributed by atoms with Crippen LogP contribution in [0.4, 0.5) is 5.69 Å². The number of hydrogen-bond donors (Lipinski definition) is 1. The molecule has 0 heterocycles. The summed E-state index contributed by atoms with van der Waals surface area (Å²) in [6.45, 7) is 5.75. The molecule has 0 bridgehead atoms. The summed E-state index contributed by atoms with van der Waals surface area (Å²) >= 11 is 3.39. The number of carbonyl (C=O) groups is 2. The Balaban J connectivity index is 2.05. The van der Waals surface area contributed by atoms with Crippen LogP contribution >= 0.6 is 15.9 Å². The summed E-state index contributed by atoms with van der Waals surface area (Å²) in [6.07, 6.45) is 1.10. The van der Waals surface area contributed by atoms with E-state index in [0.29, 0.717) is 24.4 Å². The molecule has 0 aliphatic rings. The molecule has 40 heavy (non-hydrogen) atoms. The molecule has 8 nitrogen and oxygen atoms in total. The fourth-order valence-electron chi connectivity index (χ4n) is 4.23. The molecule has 3 rings (SSSR count). The first kappa shape index (κ1) is 31.2. The molecular weight excluding hydrogens is 594 g/mol. The second-order valence-electron chi connectivity index (χ2n) is 9.39. The summed E-state index contributed by atoms with van der Waals surface area (Å²) in [4.78, 5) is 28.8. The number of nitrogens with one attached hydrogen (secondary N) is 1. The molecule has 2 amide bonds. The van der Waals surface area contributed by atoms with Gasteiger partial charge in [0.2, 0.25) is 11.8 Å². The zero-order chi connectivity index (χ0) is 29.3. The number of ether oxygens (including phenoxy) is 1. The lowest BCUT2D eigenvalue weighted by molar-refractivity contribution is -0.140. The minimum Gasteiger partial charge on any atom is -0.497 e. The number of hydrogen-bond acceptors (Lipinski definition) is 5. The quantitative estimate of drug-likeness (QED) is 0.277. The smallest absolute Gasteiger partial charge is 0.264 e. The van der Waals surface area contributed by atoms with Crippen molar-refractivity contribution in [3.05, 3.63) is 88.4 Å². The third kappa shape index (κ3) is 7.85. The Kier molecular flexibility index (Phi) is 11.2. The second-order valence-corrected chi connectivity index (χ2v) is 12.2. The van der Waals surface area contributed by atoms with E-state index in [2.05, 4.69) is 21.2 Å². The molecule has 1 N–H and O–H groups in total. The predicted molar refractivity (Wildman–Crippen MR) is 161 cm³/mol. The molecule has 0 saturated heterocycles. The van der Waals surface area contributed by atoms with E-state index >= 15 is 0 Å². The van der Waals surface area contributed by atoms with Crippen molar-refractivity contribution >= 4 is 43.5 Å².